The monoisotopic (exact) mass is 254 g/mol. The Balaban J connectivity index is 2.28. The van der Waals surface area contributed by atoms with Gasteiger partial charge in [0.2, 0.25) is 0 Å². The van der Waals surface area contributed by atoms with Crippen molar-refractivity contribution in [2.45, 2.75) is 19.4 Å². The quantitative estimate of drug-likeness (QED) is 0.557. The molecule has 0 aliphatic heterocycles. The second-order valence-electron chi connectivity index (χ2n) is 3.91. The van der Waals surface area contributed by atoms with E-state index in [-0.39, 0.29) is 6.04 Å². The molecule has 0 aliphatic carbocycles. The summed E-state index contributed by atoms with van der Waals surface area (Å²) in [5.74, 6) is -0.536. The number of ether oxygens (including phenoxy) is 1. The average Bonchev–Trinajstić information content (AvgIpc) is 2.81. The molecule has 0 aliphatic rings. The van der Waals surface area contributed by atoms with E-state index in [1.54, 1.807) is 12.3 Å². The fraction of sp³-hybridized carbons (Fsp3) is 0.500. The van der Waals surface area contributed by atoms with E-state index in [1.165, 1.54) is 7.11 Å². The molecule has 1 atom stereocenters. The summed E-state index contributed by atoms with van der Waals surface area (Å²) in [6.45, 7) is 2.50. The van der Waals surface area contributed by atoms with Crippen LogP contribution >= 0.6 is 0 Å². The molecule has 1 unspecified atom stereocenters. The van der Waals surface area contributed by atoms with Crippen LogP contribution in [0.4, 0.5) is 0 Å². The van der Waals surface area contributed by atoms with Crippen LogP contribution in [0.3, 0.4) is 0 Å². The highest BCUT2D eigenvalue weighted by molar-refractivity contribution is 6.35. The summed E-state index contributed by atoms with van der Waals surface area (Å²) in [6.07, 6.45) is 2.12. The summed E-state index contributed by atoms with van der Waals surface area (Å²) < 4.78 is 9.92. The Morgan fingerprint density at radius 1 is 1.44 bits per heavy atom. The molecule has 0 spiro atoms. The molecule has 1 rings (SSSR count). The predicted molar refractivity (Wildman–Crippen MR) is 64.9 cm³/mol. The van der Waals surface area contributed by atoms with Crippen LogP contribution in [-0.2, 0) is 20.7 Å². The Bertz CT molecular complexity index is 375. The first-order chi connectivity index (χ1) is 8.63. The first kappa shape index (κ1) is 14.2. The van der Waals surface area contributed by atoms with Crippen molar-refractivity contribution in [1.29, 1.82) is 0 Å². The van der Waals surface area contributed by atoms with Crippen LogP contribution in [-0.4, -0.2) is 38.1 Å². The highest BCUT2D eigenvalue weighted by Crippen LogP contribution is 2.03. The van der Waals surface area contributed by atoms with Crippen molar-refractivity contribution in [3.63, 3.8) is 0 Å². The third-order valence-corrected chi connectivity index (χ3v) is 2.26. The molecule has 2 amide bonds. The first-order valence-electron chi connectivity index (χ1n) is 5.73. The molecule has 18 heavy (non-hydrogen) atoms. The Labute approximate surface area is 106 Å². The van der Waals surface area contributed by atoms with Gasteiger partial charge in [0.15, 0.2) is 0 Å². The molecule has 100 valence electrons. The highest BCUT2D eigenvalue weighted by Gasteiger charge is 2.16. The lowest BCUT2D eigenvalue weighted by atomic mass is 10.2. The highest BCUT2D eigenvalue weighted by atomic mass is 16.5. The van der Waals surface area contributed by atoms with E-state index in [0.717, 1.165) is 5.76 Å². The summed E-state index contributed by atoms with van der Waals surface area (Å²) in [5, 5.41) is 5.04. The maximum Gasteiger partial charge on any atom is 0.309 e. The minimum Gasteiger partial charge on any atom is -0.469 e. The molecule has 0 radical (unpaired) electrons. The first-order valence-corrected chi connectivity index (χ1v) is 5.73. The van der Waals surface area contributed by atoms with Crippen molar-refractivity contribution >= 4 is 11.8 Å². The number of amides is 2. The van der Waals surface area contributed by atoms with E-state index in [0.29, 0.717) is 19.6 Å². The molecule has 0 bridgehead atoms. The van der Waals surface area contributed by atoms with Gasteiger partial charge in [-0.2, -0.15) is 0 Å². The Kier molecular flexibility index (Phi) is 5.93. The van der Waals surface area contributed by atoms with Gasteiger partial charge in [-0.05, 0) is 19.1 Å². The number of carbonyl (C=O) groups excluding carboxylic acids is 2. The molecule has 6 nitrogen and oxygen atoms in total. The number of hydrogen-bond donors (Lipinski definition) is 2. The largest absolute Gasteiger partial charge is 0.469 e. The maximum atomic E-state index is 11.5. The van der Waals surface area contributed by atoms with Crippen molar-refractivity contribution in [2.24, 2.45) is 0 Å². The predicted octanol–water partition coefficient (Wildman–Crippen LogP) is 0.0894. The van der Waals surface area contributed by atoms with Crippen LogP contribution in [0.2, 0.25) is 0 Å². The Morgan fingerprint density at radius 3 is 2.83 bits per heavy atom. The number of methoxy groups -OCH3 is 1. The number of hydrogen-bond acceptors (Lipinski definition) is 4. The minimum atomic E-state index is -0.654. The number of nitrogens with one attached hydrogen (secondary N) is 2. The second kappa shape index (κ2) is 7.50. The van der Waals surface area contributed by atoms with Gasteiger partial charge >= 0.3 is 11.8 Å². The topological polar surface area (TPSA) is 80.6 Å². The standard InChI is InChI=1S/C12H18N2O4/c1-9(8-10-4-3-6-18-10)14-12(16)11(15)13-5-7-17-2/h3-4,6,9H,5,7-8H2,1-2H3,(H,13,15)(H,14,16). The zero-order valence-corrected chi connectivity index (χ0v) is 10.6. The van der Waals surface area contributed by atoms with Crippen molar-refractivity contribution in [1.82, 2.24) is 10.6 Å². The van der Waals surface area contributed by atoms with Gasteiger partial charge in [-0.25, -0.2) is 0 Å². The molecule has 2 N–H and O–H groups in total. The van der Waals surface area contributed by atoms with Crippen LogP contribution in [0.1, 0.15) is 12.7 Å². The summed E-state index contributed by atoms with van der Waals surface area (Å²) in [7, 11) is 1.53. The molecule has 0 aromatic carbocycles. The number of carbonyl (C=O) groups is 2. The number of rotatable bonds is 6. The van der Waals surface area contributed by atoms with Gasteiger partial charge in [-0.1, -0.05) is 0 Å². The lowest BCUT2D eigenvalue weighted by molar-refractivity contribution is -0.139. The van der Waals surface area contributed by atoms with E-state index < -0.39 is 11.8 Å². The summed E-state index contributed by atoms with van der Waals surface area (Å²) in [5.41, 5.74) is 0. The smallest absolute Gasteiger partial charge is 0.309 e. The molecule has 0 saturated heterocycles. The fourth-order valence-electron chi connectivity index (χ4n) is 1.42. The van der Waals surface area contributed by atoms with Crippen molar-refractivity contribution in [3.05, 3.63) is 24.2 Å². The lowest BCUT2D eigenvalue weighted by Gasteiger charge is -2.12. The molecule has 1 aromatic heterocycles. The van der Waals surface area contributed by atoms with Gasteiger partial charge in [0, 0.05) is 26.1 Å². The van der Waals surface area contributed by atoms with E-state index in [1.807, 2.05) is 13.0 Å². The lowest BCUT2D eigenvalue weighted by Crippen LogP contribution is -2.45. The van der Waals surface area contributed by atoms with Gasteiger partial charge < -0.3 is 19.8 Å². The SMILES string of the molecule is COCCNC(=O)C(=O)NC(C)Cc1ccco1. The van der Waals surface area contributed by atoms with Crippen molar-refractivity contribution in [2.75, 3.05) is 20.3 Å². The summed E-state index contributed by atoms with van der Waals surface area (Å²) in [4.78, 5) is 22.8. The van der Waals surface area contributed by atoms with Gasteiger partial charge in [-0.3, -0.25) is 9.59 Å². The second-order valence-corrected chi connectivity index (χ2v) is 3.91. The van der Waals surface area contributed by atoms with Gasteiger partial charge in [0.05, 0.1) is 12.9 Å². The fourth-order valence-corrected chi connectivity index (χ4v) is 1.42. The third-order valence-electron chi connectivity index (χ3n) is 2.26. The third kappa shape index (κ3) is 5.01. The van der Waals surface area contributed by atoms with Crippen LogP contribution < -0.4 is 10.6 Å². The van der Waals surface area contributed by atoms with Gasteiger partial charge in [0.25, 0.3) is 0 Å². The van der Waals surface area contributed by atoms with E-state index in [4.69, 9.17) is 9.15 Å². The van der Waals surface area contributed by atoms with Crippen molar-refractivity contribution in [3.8, 4) is 0 Å². The van der Waals surface area contributed by atoms with Crippen LogP contribution in [0.15, 0.2) is 22.8 Å². The van der Waals surface area contributed by atoms with Crippen LogP contribution in [0, 0.1) is 0 Å². The van der Waals surface area contributed by atoms with Gasteiger partial charge in [0.1, 0.15) is 5.76 Å². The van der Waals surface area contributed by atoms with Gasteiger partial charge in [-0.15, -0.1) is 0 Å². The normalized spacial score (nSPS) is 11.9. The van der Waals surface area contributed by atoms with E-state index in [2.05, 4.69) is 10.6 Å². The molecule has 1 aromatic rings. The molecule has 0 fully saturated rings. The van der Waals surface area contributed by atoms with Crippen LogP contribution in [0.25, 0.3) is 0 Å². The molecule has 1 heterocycles. The molecular weight excluding hydrogens is 236 g/mol. The number of furan rings is 1. The molecule has 0 saturated carbocycles. The van der Waals surface area contributed by atoms with Crippen LogP contribution in [0.5, 0.6) is 0 Å². The minimum absolute atomic E-state index is 0.170. The van der Waals surface area contributed by atoms with E-state index in [9.17, 15) is 9.59 Å². The van der Waals surface area contributed by atoms with E-state index >= 15 is 0 Å². The summed E-state index contributed by atoms with van der Waals surface area (Å²) in [6, 6.07) is 3.43. The zero-order valence-electron chi connectivity index (χ0n) is 10.6. The maximum absolute atomic E-state index is 11.5. The molecule has 6 heteroatoms. The average molecular weight is 254 g/mol. The Morgan fingerprint density at radius 2 is 2.22 bits per heavy atom. The van der Waals surface area contributed by atoms with Crippen molar-refractivity contribution < 1.29 is 18.7 Å². The summed E-state index contributed by atoms with van der Waals surface area (Å²) >= 11 is 0. The Hall–Kier alpha value is -1.82. The zero-order chi connectivity index (χ0) is 13.4. The molecular formula is C12H18N2O4.